The average molecular weight is 277 g/mol. The molecule has 0 spiro atoms. The highest BCUT2D eigenvalue weighted by Gasteiger charge is 2.26. The molecule has 106 valence electrons. The summed E-state index contributed by atoms with van der Waals surface area (Å²) in [7, 11) is 0. The number of carbonyl (C=O) groups is 2. The van der Waals surface area contributed by atoms with Gasteiger partial charge in [0.15, 0.2) is 0 Å². The molecular formula is C13H15N3O4. The Morgan fingerprint density at radius 3 is 2.35 bits per heavy atom. The number of anilines is 1. The van der Waals surface area contributed by atoms with Crippen molar-refractivity contribution in [1.82, 2.24) is 4.90 Å². The van der Waals surface area contributed by atoms with Crippen LogP contribution in [0.25, 0.3) is 0 Å². The second-order valence-corrected chi connectivity index (χ2v) is 4.69. The number of benzene rings is 1. The van der Waals surface area contributed by atoms with Gasteiger partial charge >= 0.3 is 0 Å². The Bertz CT molecular complexity index is 553. The Morgan fingerprint density at radius 1 is 1.20 bits per heavy atom. The van der Waals surface area contributed by atoms with Crippen LogP contribution in [0.4, 0.5) is 11.4 Å². The number of nitro benzene ring substituents is 1. The smallest absolute Gasteiger partial charge is 0.292 e. The Balaban J connectivity index is 2.29. The van der Waals surface area contributed by atoms with Crippen LogP contribution in [0.15, 0.2) is 18.2 Å². The van der Waals surface area contributed by atoms with Gasteiger partial charge in [0, 0.05) is 24.5 Å². The largest absolute Gasteiger partial charge is 0.393 e. The van der Waals surface area contributed by atoms with Crippen molar-refractivity contribution in [3.63, 3.8) is 0 Å². The molecule has 2 rings (SSSR count). The first-order valence-corrected chi connectivity index (χ1v) is 6.35. The van der Waals surface area contributed by atoms with E-state index in [9.17, 15) is 19.7 Å². The Labute approximate surface area is 115 Å². The van der Waals surface area contributed by atoms with Crippen LogP contribution >= 0.6 is 0 Å². The maximum absolute atomic E-state index is 11.9. The molecule has 0 aromatic heterocycles. The van der Waals surface area contributed by atoms with Crippen LogP contribution in [0, 0.1) is 10.1 Å². The standard InChI is InChI=1S/C13H15N3O4/c14-13-9(4-3-5-10(13)16(19)20)8-15-11(17)6-1-2-7-12(15)18/h3-5H,1-2,6-8,14H2. The van der Waals surface area contributed by atoms with Gasteiger partial charge < -0.3 is 5.73 Å². The molecule has 0 atom stereocenters. The molecule has 7 heteroatoms. The fraction of sp³-hybridized carbons (Fsp3) is 0.385. The van der Waals surface area contributed by atoms with Gasteiger partial charge in [0.05, 0.1) is 11.5 Å². The number of para-hydroxylation sites is 1. The summed E-state index contributed by atoms with van der Waals surface area (Å²) in [5, 5.41) is 10.8. The van der Waals surface area contributed by atoms with E-state index < -0.39 is 4.92 Å². The number of amides is 2. The van der Waals surface area contributed by atoms with Crippen LogP contribution in [-0.4, -0.2) is 21.6 Å². The summed E-state index contributed by atoms with van der Waals surface area (Å²) in [5.41, 5.74) is 5.95. The molecule has 0 bridgehead atoms. The van der Waals surface area contributed by atoms with Crippen LogP contribution < -0.4 is 5.73 Å². The van der Waals surface area contributed by atoms with Gasteiger partial charge in [-0.2, -0.15) is 0 Å². The van der Waals surface area contributed by atoms with Gasteiger partial charge in [-0.3, -0.25) is 24.6 Å². The third kappa shape index (κ3) is 2.76. The molecule has 2 amide bonds. The van der Waals surface area contributed by atoms with E-state index in [1.807, 2.05) is 0 Å². The fourth-order valence-electron chi connectivity index (χ4n) is 2.20. The molecule has 1 aliphatic rings. The second kappa shape index (κ2) is 5.68. The number of likely N-dealkylation sites (tertiary alicyclic amines) is 1. The number of nitrogens with zero attached hydrogens (tertiary/aromatic N) is 2. The predicted molar refractivity (Wildman–Crippen MR) is 71.5 cm³/mol. The van der Waals surface area contributed by atoms with Gasteiger partial charge in [-0.15, -0.1) is 0 Å². The van der Waals surface area contributed by atoms with E-state index >= 15 is 0 Å². The summed E-state index contributed by atoms with van der Waals surface area (Å²) < 4.78 is 0. The Hall–Kier alpha value is -2.44. The minimum Gasteiger partial charge on any atom is -0.393 e. The molecule has 7 nitrogen and oxygen atoms in total. The van der Waals surface area contributed by atoms with Crippen molar-refractivity contribution in [3.05, 3.63) is 33.9 Å². The van der Waals surface area contributed by atoms with E-state index in [-0.39, 0.29) is 29.7 Å². The first-order valence-electron chi connectivity index (χ1n) is 6.35. The first kappa shape index (κ1) is 14.0. The lowest BCUT2D eigenvalue weighted by molar-refractivity contribution is -0.384. The van der Waals surface area contributed by atoms with Crippen molar-refractivity contribution in [3.8, 4) is 0 Å². The molecule has 1 aromatic carbocycles. The average Bonchev–Trinajstić information content (AvgIpc) is 2.55. The van der Waals surface area contributed by atoms with Crippen LogP contribution in [0.3, 0.4) is 0 Å². The van der Waals surface area contributed by atoms with E-state index in [1.165, 1.54) is 12.1 Å². The number of rotatable bonds is 3. The fourth-order valence-corrected chi connectivity index (χ4v) is 2.20. The molecule has 20 heavy (non-hydrogen) atoms. The zero-order valence-corrected chi connectivity index (χ0v) is 10.9. The summed E-state index contributed by atoms with van der Waals surface area (Å²) in [5.74, 6) is -0.503. The monoisotopic (exact) mass is 277 g/mol. The van der Waals surface area contributed by atoms with Crippen LogP contribution in [0.5, 0.6) is 0 Å². The number of nitrogen functional groups attached to an aromatic ring is 1. The van der Waals surface area contributed by atoms with Gasteiger partial charge in [0.25, 0.3) is 5.69 Å². The molecule has 0 radical (unpaired) electrons. The van der Waals surface area contributed by atoms with E-state index in [1.54, 1.807) is 6.07 Å². The summed E-state index contributed by atoms with van der Waals surface area (Å²) in [6.45, 7) is -0.00875. The van der Waals surface area contributed by atoms with Crippen molar-refractivity contribution in [2.75, 3.05) is 5.73 Å². The number of nitrogens with two attached hydrogens (primary N) is 1. The molecule has 1 aromatic rings. The highest BCUT2D eigenvalue weighted by Crippen LogP contribution is 2.27. The van der Waals surface area contributed by atoms with E-state index in [4.69, 9.17) is 5.73 Å². The molecule has 1 saturated heterocycles. The number of imide groups is 1. The number of carbonyl (C=O) groups excluding carboxylic acids is 2. The summed E-state index contributed by atoms with van der Waals surface area (Å²) in [6, 6.07) is 4.38. The van der Waals surface area contributed by atoms with E-state index in [0.717, 1.165) is 4.90 Å². The summed E-state index contributed by atoms with van der Waals surface area (Å²) >= 11 is 0. The zero-order valence-electron chi connectivity index (χ0n) is 10.9. The first-order chi connectivity index (χ1) is 9.50. The second-order valence-electron chi connectivity index (χ2n) is 4.69. The summed E-state index contributed by atoms with van der Waals surface area (Å²) in [6.07, 6.45) is 2.01. The molecule has 0 unspecified atom stereocenters. The van der Waals surface area contributed by atoms with Gasteiger partial charge in [0.1, 0.15) is 5.69 Å². The van der Waals surface area contributed by atoms with Crippen LogP contribution in [-0.2, 0) is 16.1 Å². The maximum Gasteiger partial charge on any atom is 0.292 e. The lowest BCUT2D eigenvalue weighted by Gasteiger charge is -2.19. The van der Waals surface area contributed by atoms with Crippen molar-refractivity contribution < 1.29 is 14.5 Å². The minimum atomic E-state index is -0.578. The SMILES string of the molecule is Nc1c(CN2C(=O)CCCCC2=O)cccc1[N+](=O)[O-]. The van der Waals surface area contributed by atoms with E-state index in [2.05, 4.69) is 0 Å². The normalized spacial score (nSPS) is 16.1. The van der Waals surface area contributed by atoms with Crippen LogP contribution in [0.2, 0.25) is 0 Å². The number of hydrogen-bond acceptors (Lipinski definition) is 5. The van der Waals surface area contributed by atoms with Gasteiger partial charge in [0.2, 0.25) is 11.8 Å². The number of nitro groups is 1. The quantitative estimate of drug-likeness (QED) is 0.391. The molecule has 1 fully saturated rings. The summed E-state index contributed by atoms with van der Waals surface area (Å²) in [4.78, 5) is 35.2. The minimum absolute atomic E-state index is 0.00217. The van der Waals surface area contributed by atoms with Crippen LogP contribution in [0.1, 0.15) is 31.2 Å². The van der Waals surface area contributed by atoms with Gasteiger partial charge in [-0.25, -0.2) is 0 Å². The van der Waals surface area contributed by atoms with Gasteiger partial charge in [-0.05, 0) is 12.8 Å². The zero-order chi connectivity index (χ0) is 14.7. The molecule has 2 N–H and O–H groups in total. The lowest BCUT2D eigenvalue weighted by Crippen LogP contribution is -2.34. The third-order valence-electron chi connectivity index (χ3n) is 3.33. The Morgan fingerprint density at radius 2 is 1.80 bits per heavy atom. The molecule has 1 aliphatic heterocycles. The predicted octanol–water partition coefficient (Wildman–Crippen LogP) is 1.61. The topological polar surface area (TPSA) is 107 Å². The number of hydrogen-bond donors (Lipinski definition) is 1. The molecule has 1 heterocycles. The van der Waals surface area contributed by atoms with Gasteiger partial charge in [-0.1, -0.05) is 12.1 Å². The van der Waals surface area contributed by atoms with Crippen molar-refractivity contribution in [2.45, 2.75) is 32.2 Å². The van der Waals surface area contributed by atoms with Crippen molar-refractivity contribution in [2.24, 2.45) is 0 Å². The maximum atomic E-state index is 11.9. The molecular weight excluding hydrogens is 262 g/mol. The lowest BCUT2D eigenvalue weighted by atomic mass is 10.1. The highest BCUT2D eigenvalue weighted by atomic mass is 16.6. The molecule has 0 aliphatic carbocycles. The van der Waals surface area contributed by atoms with Crippen molar-refractivity contribution >= 4 is 23.2 Å². The third-order valence-corrected chi connectivity index (χ3v) is 3.33. The Kier molecular flexibility index (Phi) is 3.97. The molecule has 0 saturated carbocycles. The van der Waals surface area contributed by atoms with E-state index in [0.29, 0.717) is 31.2 Å². The van der Waals surface area contributed by atoms with Crippen molar-refractivity contribution in [1.29, 1.82) is 0 Å². The highest BCUT2D eigenvalue weighted by molar-refractivity contribution is 5.96.